The van der Waals surface area contributed by atoms with E-state index in [-0.39, 0.29) is 11.5 Å². The minimum absolute atomic E-state index is 0.0257. The molecule has 0 amide bonds. The first-order valence-corrected chi connectivity index (χ1v) is 7.99. The van der Waals surface area contributed by atoms with Crippen molar-refractivity contribution in [2.45, 2.75) is 12.8 Å². The van der Waals surface area contributed by atoms with Crippen LogP contribution in [0.2, 0.25) is 0 Å². The number of rotatable bonds is 3. The van der Waals surface area contributed by atoms with Crippen LogP contribution >= 0.6 is 22.6 Å². The van der Waals surface area contributed by atoms with Crippen LogP contribution in [0.15, 0.2) is 41.5 Å². The second kappa shape index (κ2) is 6.48. The molecule has 1 aromatic carbocycles. The zero-order chi connectivity index (χ0) is 18.1. The van der Waals surface area contributed by atoms with Crippen LogP contribution in [0.1, 0.15) is 18.4 Å². The lowest BCUT2D eigenvalue weighted by Gasteiger charge is -2.25. The highest BCUT2D eigenvalue weighted by Gasteiger charge is 2.36. The predicted octanol–water partition coefficient (Wildman–Crippen LogP) is 1.88. The van der Waals surface area contributed by atoms with E-state index in [1.54, 1.807) is 6.92 Å². The Morgan fingerprint density at radius 2 is 2.28 bits per heavy atom. The van der Waals surface area contributed by atoms with E-state index in [9.17, 15) is 15.4 Å². The highest BCUT2D eigenvalue weighted by Crippen LogP contribution is 2.41. The van der Waals surface area contributed by atoms with Crippen LogP contribution in [0.25, 0.3) is 5.70 Å². The molecule has 1 aliphatic heterocycles. The maximum atomic E-state index is 10.8. The molecule has 0 radical (unpaired) electrons. The van der Waals surface area contributed by atoms with Crippen molar-refractivity contribution in [3.05, 3.63) is 60.7 Å². The lowest BCUT2D eigenvalue weighted by molar-refractivity contribution is -0.394. The van der Waals surface area contributed by atoms with Gasteiger partial charge in [-0.3, -0.25) is 0 Å². The first kappa shape index (κ1) is 16.8. The third-order valence-corrected chi connectivity index (χ3v) is 4.21. The standard InChI is InChI=1S/C14H10IN7O3/c1-7-12(21-19-14(18-20-21)22(23)24)11(10(6-16)13(17)25-7)8-3-2-4-9(15)5-8/h2-5,11H,17H2,1H3. The van der Waals surface area contributed by atoms with Gasteiger partial charge in [0.1, 0.15) is 23.1 Å². The van der Waals surface area contributed by atoms with E-state index < -0.39 is 16.8 Å². The van der Waals surface area contributed by atoms with Gasteiger partial charge >= 0.3 is 5.95 Å². The molecule has 0 aliphatic carbocycles. The van der Waals surface area contributed by atoms with E-state index in [0.29, 0.717) is 11.5 Å². The van der Waals surface area contributed by atoms with Gasteiger partial charge in [0.15, 0.2) is 0 Å². The Hall–Kier alpha value is -3.01. The minimum Gasteiger partial charge on any atom is -0.443 e. The van der Waals surface area contributed by atoms with Gasteiger partial charge in [0.05, 0.1) is 21.3 Å². The average molecular weight is 451 g/mol. The Labute approximate surface area is 154 Å². The maximum absolute atomic E-state index is 10.8. The number of tetrazole rings is 1. The monoisotopic (exact) mass is 451 g/mol. The van der Waals surface area contributed by atoms with Crippen LogP contribution in [0, 0.1) is 25.0 Å². The summed E-state index contributed by atoms with van der Waals surface area (Å²) >= 11 is 2.15. The number of aromatic nitrogens is 4. The first-order chi connectivity index (χ1) is 11.9. The molecule has 1 aromatic heterocycles. The fourth-order valence-corrected chi connectivity index (χ4v) is 3.09. The average Bonchev–Trinajstić information content (AvgIpc) is 3.04. The van der Waals surface area contributed by atoms with Crippen molar-refractivity contribution in [1.29, 1.82) is 5.26 Å². The third-order valence-electron chi connectivity index (χ3n) is 3.54. The van der Waals surface area contributed by atoms with Crippen molar-refractivity contribution in [2.75, 3.05) is 0 Å². The SMILES string of the molecule is CC1=C(n2nnc([N+](=O)[O-])n2)C(c2cccc(I)c2)C(C#N)=C(N)O1. The topological polar surface area (TPSA) is 146 Å². The number of nitrogens with two attached hydrogens (primary N) is 1. The molecule has 1 atom stereocenters. The summed E-state index contributed by atoms with van der Waals surface area (Å²) in [5, 5.41) is 31.3. The van der Waals surface area contributed by atoms with E-state index in [1.165, 1.54) is 0 Å². The number of nitriles is 1. The Morgan fingerprint density at radius 1 is 1.52 bits per heavy atom. The van der Waals surface area contributed by atoms with Crippen LogP contribution in [0.3, 0.4) is 0 Å². The van der Waals surface area contributed by atoms with Crippen LogP contribution in [0.4, 0.5) is 5.95 Å². The van der Waals surface area contributed by atoms with Crippen molar-refractivity contribution in [2.24, 2.45) is 5.73 Å². The van der Waals surface area contributed by atoms with Gasteiger partial charge in [-0.1, -0.05) is 16.9 Å². The Balaban J connectivity index is 2.21. The maximum Gasteiger partial charge on any atom is 0.515 e. The molecule has 1 unspecified atom stereocenters. The van der Waals surface area contributed by atoms with E-state index in [4.69, 9.17) is 10.5 Å². The molecule has 2 aromatic rings. The zero-order valence-electron chi connectivity index (χ0n) is 12.8. The van der Waals surface area contributed by atoms with Gasteiger partial charge in [0, 0.05) is 3.57 Å². The molecule has 10 nitrogen and oxygen atoms in total. The molecule has 0 spiro atoms. The summed E-state index contributed by atoms with van der Waals surface area (Å²) in [5.41, 5.74) is 7.13. The quantitative estimate of drug-likeness (QED) is 0.423. The molecule has 2 N–H and O–H groups in total. The highest BCUT2D eigenvalue weighted by molar-refractivity contribution is 14.1. The number of nitro groups is 1. The molecule has 126 valence electrons. The van der Waals surface area contributed by atoms with Crippen molar-refractivity contribution in [3.63, 3.8) is 0 Å². The van der Waals surface area contributed by atoms with E-state index in [2.05, 4.69) is 38.0 Å². The summed E-state index contributed by atoms with van der Waals surface area (Å²) in [4.78, 5) is 11.1. The van der Waals surface area contributed by atoms with Gasteiger partial charge in [-0.25, -0.2) is 0 Å². The normalized spacial score (nSPS) is 17.2. The predicted molar refractivity (Wildman–Crippen MR) is 93.2 cm³/mol. The number of hydrogen-bond acceptors (Lipinski definition) is 8. The number of halogens is 1. The molecule has 1 aliphatic rings. The molecule has 11 heteroatoms. The van der Waals surface area contributed by atoms with Crippen LogP contribution in [-0.4, -0.2) is 25.1 Å². The largest absolute Gasteiger partial charge is 0.515 e. The minimum atomic E-state index is -0.751. The molecule has 25 heavy (non-hydrogen) atoms. The molecular weight excluding hydrogens is 441 g/mol. The molecule has 3 rings (SSSR count). The lowest BCUT2D eigenvalue weighted by atomic mass is 9.87. The molecule has 2 heterocycles. The van der Waals surface area contributed by atoms with Crippen LogP contribution < -0.4 is 5.73 Å². The van der Waals surface area contributed by atoms with Crippen molar-refractivity contribution < 1.29 is 9.66 Å². The van der Waals surface area contributed by atoms with Crippen LogP contribution in [-0.2, 0) is 4.74 Å². The lowest BCUT2D eigenvalue weighted by Crippen LogP contribution is -2.23. The summed E-state index contributed by atoms with van der Waals surface area (Å²) in [6.45, 7) is 1.62. The molecular formula is C14H10IN7O3. The highest BCUT2D eigenvalue weighted by atomic mass is 127. The van der Waals surface area contributed by atoms with Crippen molar-refractivity contribution >= 4 is 34.2 Å². The van der Waals surface area contributed by atoms with Gasteiger partial charge in [-0.05, 0) is 52.1 Å². The van der Waals surface area contributed by atoms with Crippen LogP contribution in [0.5, 0.6) is 0 Å². The van der Waals surface area contributed by atoms with Gasteiger partial charge < -0.3 is 20.6 Å². The number of allylic oxidation sites excluding steroid dienone is 3. The molecule has 0 fully saturated rings. The summed E-state index contributed by atoms with van der Waals surface area (Å²) in [5.74, 6) is -0.986. The van der Waals surface area contributed by atoms with Gasteiger partial charge in [-0.2, -0.15) is 5.26 Å². The second-order valence-corrected chi connectivity index (χ2v) is 6.30. The third kappa shape index (κ3) is 3.03. The number of ether oxygens (including phenoxy) is 1. The summed E-state index contributed by atoms with van der Waals surface area (Å²) in [6.07, 6.45) is 0. The number of nitrogens with zero attached hydrogens (tertiary/aromatic N) is 6. The first-order valence-electron chi connectivity index (χ1n) is 6.91. The molecule has 0 bridgehead atoms. The Bertz CT molecular complexity index is 973. The van der Waals surface area contributed by atoms with Crippen molar-refractivity contribution in [1.82, 2.24) is 20.2 Å². The second-order valence-electron chi connectivity index (χ2n) is 5.06. The van der Waals surface area contributed by atoms with Gasteiger partial charge in [0.25, 0.3) is 0 Å². The van der Waals surface area contributed by atoms with E-state index in [0.717, 1.165) is 13.9 Å². The summed E-state index contributed by atoms with van der Waals surface area (Å²) in [7, 11) is 0. The van der Waals surface area contributed by atoms with Gasteiger partial charge in [0.2, 0.25) is 5.88 Å². The molecule has 0 saturated heterocycles. The zero-order valence-corrected chi connectivity index (χ0v) is 14.9. The Morgan fingerprint density at radius 3 is 2.88 bits per heavy atom. The summed E-state index contributed by atoms with van der Waals surface area (Å²) < 4.78 is 6.37. The van der Waals surface area contributed by atoms with Crippen molar-refractivity contribution in [3.8, 4) is 6.07 Å². The summed E-state index contributed by atoms with van der Waals surface area (Å²) in [6, 6.07) is 9.47. The van der Waals surface area contributed by atoms with E-state index in [1.807, 2.05) is 30.3 Å². The fraction of sp³-hybridized carbons (Fsp3) is 0.143. The fourth-order valence-electron chi connectivity index (χ4n) is 2.52. The Kier molecular flexibility index (Phi) is 4.36. The number of benzene rings is 1. The molecule has 0 saturated carbocycles. The smallest absolute Gasteiger partial charge is 0.443 e. The number of hydrogen-bond donors (Lipinski definition) is 1. The van der Waals surface area contributed by atoms with Gasteiger partial charge in [-0.15, -0.1) is 0 Å². The van der Waals surface area contributed by atoms with E-state index >= 15 is 0 Å².